The van der Waals surface area contributed by atoms with E-state index in [0.717, 1.165) is 41.9 Å². The average Bonchev–Trinajstić information content (AvgIpc) is 2.48. The highest BCUT2D eigenvalue weighted by Crippen LogP contribution is 2.30. The van der Waals surface area contributed by atoms with Crippen molar-refractivity contribution in [1.82, 2.24) is 4.98 Å². The van der Waals surface area contributed by atoms with E-state index in [1.165, 1.54) is 0 Å². The van der Waals surface area contributed by atoms with Crippen LogP contribution >= 0.6 is 11.6 Å². The second-order valence-corrected chi connectivity index (χ2v) is 5.54. The number of hydrogen-bond acceptors (Lipinski definition) is 2. The number of aryl methyl sites for hydroxylation is 2. The lowest BCUT2D eigenvalue weighted by Crippen LogP contribution is -2.35. The molecule has 21 heavy (non-hydrogen) atoms. The monoisotopic (exact) mass is 304 g/mol. The molecule has 2 aromatic rings. The van der Waals surface area contributed by atoms with Gasteiger partial charge in [0.15, 0.2) is 0 Å². The molecular formula is C16H14ClFN2O. The van der Waals surface area contributed by atoms with Gasteiger partial charge in [-0.3, -0.25) is 4.79 Å². The normalized spacial score (nSPS) is 14.0. The van der Waals surface area contributed by atoms with E-state index in [2.05, 4.69) is 11.1 Å². The molecule has 3 rings (SSSR count). The number of fused-ring (bicyclic) bond motifs is 1. The van der Waals surface area contributed by atoms with Crippen LogP contribution < -0.4 is 4.90 Å². The van der Waals surface area contributed by atoms with Crippen LogP contribution in [-0.4, -0.2) is 17.4 Å². The van der Waals surface area contributed by atoms with Gasteiger partial charge in [-0.25, -0.2) is 9.37 Å². The van der Waals surface area contributed by atoms with Crippen LogP contribution in [0.4, 0.5) is 10.1 Å². The van der Waals surface area contributed by atoms with Crippen molar-refractivity contribution >= 4 is 23.2 Å². The Kier molecular flexibility index (Phi) is 3.64. The molecule has 1 aromatic heterocycles. The highest BCUT2D eigenvalue weighted by molar-refractivity contribution is 6.33. The van der Waals surface area contributed by atoms with Gasteiger partial charge in [-0.05, 0) is 37.5 Å². The minimum atomic E-state index is -0.566. The molecule has 5 heteroatoms. The van der Waals surface area contributed by atoms with Crippen molar-refractivity contribution in [2.24, 2.45) is 0 Å². The molecule has 0 aliphatic carbocycles. The lowest BCUT2D eigenvalue weighted by Gasteiger charge is -2.30. The van der Waals surface area contributed by atoms with E-state index in [1.807, 2.05) is 19.1 Å². The molecule has 0 N–H and O–H groups in total. The van der Waals surface area contributed by atoms with Crippen LogP contribution in [-0.2, 0) is 6.42 Å². The van der Waals surface area contributed by atoms with Gasteiger partial charge in [-0.2, -0.15) is 0 Å². The van der Waals surface area contributed by atoms with Gasteiger partial charge < -0.3 is 4.90 Å². The molecule has 0 saturated heterocycles. The molecule has 108 valence electrons. The first-order valence-electron chi connectivity index (χ1n) is 6.78. The van der Waals surface area contributed by atoms with Crippen LogP contribution in [0, 0.1) is 12.7 Å². The maximum absolute atomic E-state index is 13.3. The summed E-state index contributed by atoms with van der Waals surface area (Å²) in [5.74, 6) is -0.874. The fourth-order valence-corrected chi connectivity index (χ4v) is 2.84. The van der Waals surface area contributed by atoms with E-state index in [9.17, 15) is 9.18 Å². The number of carbonyl (C=O) groups is 1. The van der Waals surface area contributed by atoms with Crippen LogP contribution in [0.5, 0.6) is 0 Å². The molecule has 0 fully saturated rings. The Morgan fingerprint density at radius 1 is 1.38 bits per heavy atom. The van der Waals surface area contributed by atoms with Crippen molar-refractivity contribution in [3.63, 3.8) is 0 Å². The van der Waals surface area contributed by atoms with Crippen molar-refractivity contribution in [2.75, 3.05) is 11.4 Å². The fourth-order valence-electron chi connectivity index (χ4n) is 2.65. The van der Waals surface area contributed by atoms with Crippen molar-refractivity contribution in [1.29, 1.82) is 0 Å². The minimum Gasteiger partial charge on any atom is -0.308 e. The third kappa shape index (κ3) is 2.63. The zero-order valence-electron chi connectivity index (χ0n) is 11.6. The van der Waals surface area contributed by atoms with Gasteiger partial charge in [0.05, 0.1) is 11.8 Å². The Morgan fingerprint density at radius 3 is 3.00 bits per heavy atom. The zero-order chi connectivity index (χ0) is 15.0. The zero-order valence-corrected chi connectivity index (χ0v) is 12.3. The fraction of sp³-hybridized carbons (Fsp3) is 0.250. The third-order valence-corrected chi connectivity index (χ3v) is 3.94. The highest BCUT2D eigenvalue weighted by atomic mass is 35.5. The average molecular weight is 305 g/mol. The molecule has 1 aliphatic heterocycles. The second-order valence-electron chi connectivity index (χ2n) is 5.18. The van der Waals surface area contributed by atoms with Gasteiger partial charge in [-0.1, -0.05) is 29.3 Å². The Hall–Kier alpha value is -1.94. The van der Waals surface area contributed by atoms with Gasteiger partial charge >= 0.3 is 0 Å². The predicted octanol–water partition coefficient (Wildman–Crippen LogP) is 3.78. The highest BCUT2D eigenvalue weighted by Gasteiger charge is 2.25. The molecule has 0 spiro atoms. The summed E-state index contributed by atoms with van der Waals surface area (Å²) in [4.78, 5) is 18.0. The van der Waals surface area contributed by atoms with Gasteiger partial charge in [0.2, 0.25) is 0 Å². The van der Waals surface area contributed by atoms with E-state index >= 15 is 0 Å². The first kappa shape index (κ1) is 14.0. The number of pyridine rings is 1. The minimum absolute atomic E-state index is 0.0284. The van der Waals surface area contributed by atoms with Crippen LogP contribution in [0.3, 0.4) is 0 Å². The summed E-state index contributed by atoms with van der Waals surface area (Å²) in [5, 5.41) is 0.0284. The molecule has 0 saturated carbocycles. The van der Waals surface area contributed by atoms with Crippen LogP contribution in [0.1, 0.15) is 27.9 Å². The maximum atomic E-state index is 13.3. The Balaban J connectivity index is 2.02. The van der Waals surface area contributed by atoms with Crippen LogP contribution in [0.25, 0.3) is 0 Å². The van der Waals surface area contributed by atoms with E-state index in [4.69, 9.17) is 11.6 Å². The number of amides is 1. The van der Waals surface area contributed by atoms with Crippen molar-refractivity contribution in [2.45, 2.75) is 19.8 Å². The third-order valence-electron chi connectivity index (χ3n) is 3.63. The number of aromatic nitrogens is 1. The van der Waals surface area contributed by atoms with Crippen molar-refractivity contribution < 1.29 is 9.18 Å². The van der Waals surface area contributed by atoms with Gasteiger partial charge in [0, 0.05) is 12.2 Å². The molecule has 1 amide bonds. The Morgan fingerprint density at radius 2 is 2.19 bits per heavy atom. The number of carbonyl (C=O) groups excluding carboxylic acids is 1. The number of halogens is 2. The maximum Gasteiger partial charge on any atom is 0.261 e. The molecular weight excluding hydrogens is 291 g/mol. The Bertz CT molecular complexity index is 717. The number of anilines is 1. The first-order chi connectivity index (χ1) is 10.1. The SMILES string of the molecule is Cc1ccc2c(c1)CCCN2C(=O)c1cc(F)cnc1Cl. The van der Waals surface area contributed by atoms with Gasteiger partial charge in [0.25, 0.3) is 5.91 Å². The van der Waals surface area contributed by atoms with E-state index in [-0.39, 0.29) is 16.6 Å². The molecule has 0 bridgehead atoms. The summed E-state index contributed by atoms with van der Waals surface area (Å²) < 4.78 is 13.3. The summed E-state index contributed by atoms with van der Waals surface area (Å²) in [6.45, 7) is 2.62. The smallest absolute Gasteiger partial charge is 0.261 e. The van der Waals surface area contributed by atoms with Crippen molar-refractivity contribution in [3.05, 3.63) is 58.1 Å². The lowest BCUT2D eigenvalue weighted by molar-refractivity contribution is 0.0984. The van der Waals surface area contributed by atoms with E-state index in [0.29, 0.717) is 6.54 Å². The van der Waals surface area contributed by atoms with Gasteiger partial charge in [-0.15, -0.1) is 0 Å². The standard InChI is InChI=1S/C16H14ClFN2O/c1-10-4-5-14-11(7-10)3-2-6-20(14)16(21)13-8-12(18)9-19-15(13)17/h4-5,7-9H,2-3,6H2,1H3. The topological polar surface area (TPSA) is 33.2 Å². The summed E-state index contributed by atoms with van der Waals surface area (Å²) in [5.41, 5.74) is 3.27. The summed E-state index contributed by atoms with van der Waals surface area (Å²) >= 11 is 5.94. The summed E-state index contributed by atoms with van der Waals surface area (Å²) in [6, 6.07) is 7.12. The molecule has 0 unspecified atom stereocenters. The quantitative estimate of drug-likeness (QED) is 0.751. The number of nitrogens with zero attached hydrogens (tertiary/aromatic N) is 2. The molecule has 1 aliphatic rings. The van der Waals surface area contributed by atoms with Crippen molar-refractivity contribution in [3.8, 4) is 0 Å². The van der Waals surface area contributed by atoms with E-state index in [1.54, 1.807) is 4.90 Å². The second kappa shape index (κ2) is 5.45. The lowest BCUT2D eigenvalue weighted by atomic mass is 9.99. The van der Waals surface area contributed by atoms with Crippen LogP contribution in [0.2, 0.25) is 5.15 Å². The van der Waals surface area contributed by atoms with Gasteiger partial charge in [0.1, 0.15) is 11.0 Å². The molecule has 2 heterocycles. The molecule has 1 aromatic carbocycles. The van der Waals surface area contributed by atoms with Crippen LogP contribution in [0.15, 0.2) is 30.5 Å². The number of benzene rings is 1. The first-order valence-corrected chi connectivity index (χ1v) is 7.16. The summed E-state index contributed by atoms with van der Waals surface area (Å²) in [7, 11) is 0. The van der Waals surface area contributed by atoms with E-state index < -0.39 is 5.82 Å². The Labute approximate surface area is 127 Å². The summed E-state index contributed by atoms with van der Waals surface area (Å²) in [6.07, 6.45) is 2.82. The molecule has 0 radical (unpaired) electrons. The molecule has 0 atom stereocenters. The largest absolute Gasteiger partial charge is 0.308 e. The number of rotatable bonds is 1. The predicted molar refractivity (Wildman–Crippen MR) is 80.4 cm³/mol. The number of hydrogen-bond donors (Lipinski definition) is 0. The molecule has 3 nitrogen and oxygen atoms in total.